The first-order valence-electron chi connectivity index (χ1n) is 11.2. The lowest BCUT2D eigenvalue weighted by atomic mass is 10.0. The molecule has 0 atom stereocenters. The standard InChI is InChI=1S/C25H27N3O6S/c1-3-34-24(29)6-4-5-11-28-15-16(19-13-17(33-2)7-10-23(19)28)12-21-20-14-18(35(26,31)32)8-9-22(20)27-25(21)30/h7-10,12-15H,3-6,11H2,1-2H3,(H,27,30)(H2,26,31,32)/b21-12+. The number of hydrogen-bond acceptors (Lipinski definition) is 6. The molecule has 2 heterocycles. The molecule has 10 heteroatoms. The number of methoxy groups -OCH3 is 1. The number of amides is 1. The van der Waals surface area contributed by atoms with Crippen molar-refractivity contribution in [3.63, 3.8) is 0 Å². The van der Waals surface area contributed by atoms with Gasteiger partial charge in [0.05, 0.1) is 18.6 Å². The van der Waals surface area contributed by atoms with Gasteiger partial charge in [-0.2, -0.15) is 0 Å². The van der Waals surface area contributed by atoms with Crippen LogP contribution in [-0.4, -0.2) is 38.6 Å². The second kappa shape index (κ2) is 9.93. The first-order valence-corrected chi connectivity index (χ1v) is 12.8. The predicted molar refractivity (Wildman–Crippen MR) is 133 cm³/mol. The van der Waals surface area contributed by atoms with Crippen LogP contribution in [0.3, 0.4) is 0 Å². The van der Waals surface area contributed by atoms with Gasteiger partial charge in [0.2, 0.25) is 10.0 Å². The van der Waals surface area contributed by atoms with Crippen molar-refractivity contribution in [2.24, 2.45) is 5.14 Å². The van der Waals surface area contributed by atoms with Crippen LogP contribution in [-0.2, 0) is 30.9 Å². The highest BCUT2D eigenvalue weighted by Crippen LogP contribution is 2.36. The van der Waals surface area contributed by atoms with E-state index in [1.807, 2.05) is 24.4 Å². The van der Waals surface area contributed by atoms with Crippen molar-refractivity contribution in [1.82, 2.24) is 4.57 Å². The van der Waals surface area contributed by atoms with Crippen LogP contribution in [0.15, 0.2) is 47.5 Å². The predicted octanol–water partition coefficient (Wildman–Crippen LogP) is 3.52. The summed E-state index contributed by atoms with van der Waals surface area (Å²) in [5.74, 6) is 0.139. The summed E-state index contributed by atoms with van der Waals surface area (Å²) >= 11 is 0. The van der Waals surface area contributed by atoms with Gasteiger partial charge in [0.1, 0.15) is 5.75 Å². The third-order valence-electron chi connectivity index (χ3n) is 5.86. The van der Waals surface area contributed by atoms with Crippen LogP contribution >= 0.6 is 0 Å². The number of ether oxygens (including phenoxy) is 2. The van der Waals surface area contributed by atoms with E-state index in [-0.39, 0.29) is 16.8 Å². The number of primary sulfonamides is 1. The van der Waals surface area contributed by atoms with E-state index >= 15 is 0 Å². The van der Waals surface area contributed by atoms with Gasteiger partial charge in [-0.05, 0) is 62.2 Å². The Kier molecular flexibility index (Phi) is 6.95. The number of fused-ring (bicyclic) bond motifs is 2. The van der Waals surface area contributed by atoms with Crippen molar-refractivity contribution in [2.75, 3.05) is 19.0 Å². The molecule has 3 aromatic rings. The van der Waals surface area contributed by atoms with Crippen molar-refractivity contribution in [3.05, 3.63) is 53.7 Å². The zero-order chi connectivity index (χ0) is 25.2. The van der Waals surface area contributed by atoms with E-state index in [2.05, 4.69) is 9.88 Å². The lowest BCUT2D eigenvalue weighted by molar-refractivity contribution is -0.143. The van der Waals surface area contributed by atoms with Crippen LogP contribution in [0.4, 0.5) is 5.69 Å². The highest BCUT2D eigenvalue weighted by Gasteiger charge is 2.26. The van der Waals surface area contributed by atoms with E-state index in [0.29, 0.717) is 48.6 Å². The second-order valence-electron chi connectivity index (χ2n) is 8.19. The average Bonchev–Trinajstić information content (AvgIpc) is 3.32. The molecular formula is C25H27N3O6S. The van der Waals surface area contributed by atoms with Gasteiger partial charge in [0.25, 0.3) is 5.91 Å². The molecule has 3 N–H and O–H groups in total. The van der Waals surface area contributed by atoms with Gasteiger partial charge < -0.3 is 19.4 Å². The molecule has 1 aromatic heterocycles. The normalized spacial score (nSPS) is 14.3. The number of carbonyl (C=O) groups excluding carboxylic acids is 2. The van der Waals surface area contributed by atoms with Gasteiger partial charge in [-0.1, -0.05) is 0 Å². The maximum absolute atomic E-state index is 12.8. The van der Waals surface area contributed by atoms with Crippen LogP contribution in [0, 0.1) is 0 Å². The summed E-state index contributed by atoms with van der Waals surface area (Å²) < 4.78 is 36.1. The Balaban J connectivity index is 1.70. The zero-order valence-corrected chi connectivity index (χ0v) is 20.4. The van der Waals surface area contributed by atoms with E-state index in [4.69, 9.17) is 14.6 Å². The molecule has 35 heavy (non-hydrogen) atoms. The minimum absolute atomic E-state index is 0.0654. The summed E-state index contributed by atoms with van der Waals surface area (Å²) in [6, 6.07) is 10.0. The summed E-state index contributed by atoms with van der Waals surface area (Å²) in [5.41, 5.74) is 3.07. The Morgan fingerprint density at radius 1 is 1.17 bits per heavy atom. The van der Waals surface area contributed by atoms with E-state index < -0.39 is 10.0 Å². The maximum atomic E-state index is 12.8. The molecule has 4 rings (SSSR count). The van der Waals surface area contributed by atoms with Crippen LogP contribution < -0.4 is 15.2 Å². The van der Waals surface area contributed by atoms with Gasteiger partial charge in [0, 0.05) is 52.5 Å². The Morgan fingerprint density at radius 2 is 1.97 bits per heavy atom. The fraction of sp³-hybridized carbons (Fsp3) is 0.280. The highest BCUT2D eigenvalue weighted by atomic mass is 32.2. The van der Waals surface area contributed by atoms with E-state index in [1.165, 1.54) is 18.2 Å². The number of benzene rings is 2. The molecule has 0 saturated carbocycles. The molecule has 2 aromatic carbocycles. The Hall–Kier alpha value is -3.63. The molecule has 0 fully saturated rings. The van der Waals surface area contributed by atoms with Gasteiger partial charge in [-0.3, -0.25) is 9.59 Å². The van der Waals surface area contributed by atoms with E-state index in [0.717, 1.165) is 22.9 Å². The van der Waals surface area contributed by atoms with E-state index in [1.54, 1.807) is 20.1 Å². The van der Waals surface area contributed by atoms with Gasteiger partial charge in [-0.25, -0.2) is 13.6 Å². The number of nitrogens with zero attached hydrogens (tertiary/aromatic N) is 1. The number of anilines is 1. The lowest BCUT2D eigenvalue weighted by Gasteiger charge is -2.06. The first kappa shape index (κ1) is 24.5. The largest absolute Gasteiger partial charge is 0.497 e. The minimum Gasteiger partial charge on any atom is -0.497 e. The molecule has 1 aliphatic heterocycles. The molecule has 9 nitrogen and oxygen atoms in total. The smallest absolute Gasteiger partial charge is 0.305 e. The van der Waals surface area contributed by atoms with Crippen LogP contribution in [0.25, 0.3) is 22.6 Å². The Morgan fingerprint density at radius 3 is 2.69 bits per heavy atom. The molecule has 184 valence electrons. The van der Waals surface area contributed by atoms with Crippen molar-refractivity contribution in [3.8, 4) is 5.75 Å². The molecule has 0 radical (unpaired) electrons. The highest BCUT2D eigenvalue weighted by molar-refractivity contribution is 7.89. The third-order valence-corrected chi connectivity index (χ3v) is 6.77. The zero-order valence-electron chi connectivity index (χ0n) is 19.5. The van der Waals surface area contributed by atoms with Crippen LogP contribution in [0.1, 0.15) is 37.3 Å². The van der Waals surface area contributed by atoms with Crippen LogP contribution in [0.5, 0.6) is 5.75 Å². The average molecular weight is 498 g/mol. The quantitative estimate of drug-likeness (QED) is 0.264. The van der Waals surface area contributed by atoms with Crippen molar-refractivity contribution < 1.29 is 27.5 Å². The van der Waals surface area contributed by atoms with Crippen molar-refractivity contribution >= 4 is 50.1 Å². The van der Waals surface area contributed by atoms with Crippen molar-refractivity contribution in [2.45, 2.75) is 37.6 Å². The summed E-state index contributed by atoms with van der Waals surface area (Å²) in [6.07, 6.45) is 5.51. The lowest BCUT2D eigenvalue weighted by Crippen LogP contribution is -2.12. The maximum Gasteiger partial charge on any atom is 0.305 e. The number of sulfonamides is 1. The van der Waals surface area contributed by atoms with Gasteiger partial charge in [0.15, 0.2) is 0 Å². The molecular weight excluding hydrogens is 470 g/mol. The number of nitrogens with two attached hydrogens (primary N) is 1. The van der Waals surface area contributed by atoms with Crippen LogP contribution in [0.2, 0.25) is 0 Å². The third kappa shape index (κ3) is 5.23. The number of rotatable bonds is 9. The summed E-state index contributed by atoms with van der Waals surface area (Å²) in [4.78, 5) is 24.3. The number of hydrogen-bond donors (Lipinski definition) is 2. The first-order chi connectivity index (χ1) is 16.7. The fourth-order valence-electron chi connectivity index (χ4n) is 4.16. The SMILES string of the molecule is CCOC(=O)CCCCn1cc(/C=C2/C(=O)Nc3ccc(S(N)(=O)=O)cc32)c2cc(OC)ccc21. The molecule has 0 bridgehead atoms. The summed E-state index contributed by atoms with van der Waals surface area (Å²) in [6.45, 7) is 2.83. The number of aryl methyl sites for hydroxylation is 1. The van der Waals surface area contributed by atoms with E-state index in [9.17, 15) is 18.0 Å². The molecule has 1 amide bonds. The number of aromatic nitrogens is 1. The molecule has 0 saturated heterocycles. The van der Waals surface area contributed by atoms with Gasteiger partial charge in [-0.15, -0.1) is 0 Å². The molecule has 0 unspecified atom stereocenters. The molecule has 1 aliphatic rings. The number of carbonyl (C=O) groups is 2. The topological polar surface area (TPSA) is 130 Å². The summed E-state index contributed by atoms with van der Waals surface area (Å²) in [7, 11) is -2.34. The van der Waals surface area contributed by atoms with Gasteiger partial charge >= 0.3 is 5.97 Å². The number of nitrogens with one attached hydrogen (secondary N) is 1. The number of esters is 1. The molecule has 0 aliphatic carbocycles. The fourth-order valence-corrected chi connectivity index (χ4v) is 4.70. The monoisotopic (exact) mass is 497 g/mol. The minimum atomic E-state index is -3.92. The summed E-state index contributed by atoms with van der Waals surface area (Å²) in [5, 5.41) is 8.94. The van der Waals surface area contributed by atoms with Crippen molar-refractivity contribution in [1.29, 1.82) is 0 Å². The Bertz CT molecular complexity index is 1440. The second-order valence-corrected chi connectivity index (χ2v) is 9.75. The molecule has 0 spiro atoms. The Labute approximate surface area is 203 Å². The number of unbranched alkanes of at least 4 members (excludes halogenated alkanes) is 1.